The van der Waals surface area contributed by atoms with Gasteiger partial charge in [0.25, 0.3) is 11.5 Å². The molecule has 1 aromatic heterocycles. The van der Waals surface area contributed by atoms with Crippen LogP contribution in [-0.4, -0.2) is 62.8 Å². The van der Waals surface area contributed by atoms with E-state index in [4.69, 9.17) is 0 Å². The Balaban J connectivity index is 1.42. The highest BCUT2D eigenvalue weighted by atomic mass is 18.2. The van der Waals surface area contributed by atoms with Crippen molar-refractivity contribution < 1.29 is 9.18 Å². The number of halogens is 1. The van der Waals surface area contributed by atoms with Crippen molar-refractivity contribution in [3.8, 4) is 0 Å². The zero-order chi connectivity index (χ0) is 20.1. The fourth-order valence-electron chi connectivity index (χ4n) is 3.25. The summed E-state index contributed by atoms with van der Waals surface area (Å²) >= 11 is 0. The van der Waals surface area contributed by atoms with Gasteiger partial charge >= 0.3 is 5.69 Å². The number of aryl methyl sites for hydroxylation is 1. The Morgan fingerprint density at radius 2 is 1.75 bits per heavy atom. The lowest BCUT2D eigenvalue weighted by atomic mass is 10.1. The van der Waals surface area contributed by atoms with Gasteiger partial charge in [0.05, 0.1) is 5.56 Å². The second-order valence-electron chi connectivity index (χ2n) is 6.87. The van der Waals surface area contributed by atoms with E-state index in [-0.39, 0.29) is 11.5 Å². The van der Waals surface area contributed by atoms with Crippen molar-refractivity contribution >= 4 is 5.91 Å². The quantitative estimate of drug-likeness (QED) is 0.666. The van der Waals surface area contributed by atoms with E-state index >= 15 is 0 Å². The summed E-state index contributed by atoms with van der Waals surface area (Å²) in [6.45, 7) is 3.90. The van der Waals surface area contributed by atoms with Crippen molar-refractivity contribution in [3.63, 3.8) is 0 Å². The number of benzene rings is 1. The SMILES string of the molecule is Cn1c(=O)cnn(CCCCN2CCN(C(=O)c3ccccc3[18F])CC2)c1=O. The molecule has 3 rings (SSSR count). The molecule has 9 heteroatoms. The normalized spacial score (nSPS) is 15.0. The molecular weight excluding hydrogens is 364 g/mol. The van der Waals surface area contributed by atoms with Crippen molar-refractivity contribution in [1.82, 2.24) is 24.1 Å². The molecule has 0 N–H and O–H groups in total. The van der Waals surface area contributed by atoms with Crippen LogP contribution in [-0.2, 0) is 13.6 Å². The number of hydrogen-bond acceptors (Lipinski definition) is 5. The Morgan fingerprint density at radius 3 is 2.46 bits per heavy atom. The summed E-state index contributed by atoms with van der Waals surface area (Å²) in [5.41, 5.74) is -0.706. The number of nitrogens with zero attached hydrogens (tertiary/aromatic N) is 5. The molecular formula is C19H24FN5O3. The predicted molar refractivity (Wildman–Crippen MR) is 102 cm³/mol. The highest BCUT2D eigenvalue weighted by Gasteiger charge is 2.23. The van der Waals surface area contributed by atoms with Gasteiger partial charge in [0.2, 0.25) is 0 Å². The third-order valence-corrected chi connectivity index (χ3v) is 5.00. The van der Waals surface area contributed by atoms with Crippen molar-refractivity contribution in [2.24, 2.45) is 7.05 Å². The zero-order valence-electron chi connectivity index (χ0n) is 15.9. The second-order valence-corrected chi connectivity index (χ2v) is 6.87. The average molecular weight is 388 g/mol. The van der Waals surface area contributed by atoms with Crippen LogP contribution in [0.5, 0.6) is 0 Å². The Morgan fingerprint density at radius 1 is 1.07 bits per heavy atom. The molecule has 2 aromatic rings. The molecule has 28 heavy (non-hydrogen) atoms. The summed E-state index contributed by atoms with van der Waals surface area (Å²) in [7, 11) is 1.44. The molecule has 8 nitrogen and oxygen atoms in total. The Labute approximate surface area is 161 Å². The fraction of sp³-hybridized carbons (Fsp3) is 0.474. The van der Waals surface area contributed by atoms with Crippen molar-refractivity contribution in [1.29, 1.82) is 0 Å². The number of carbonyl (C=O) groups excluding carboxylic acids is 1. The second kappa shape index (κ2) is 8.92. The lowest BCUT2D eigenvalue weighted by molar-refractivity contribution is 0.0630. The molecule has 0 unspecified atom stereocenters. The van der Waals surface area contributed by atoms with E-state index in [0.29, 0.717) is 19.6 Å². The minimum atomic E-state index is -0.489. The van der Waals surface area contributed by atoms with Gasteiger partial charge in [0.15, 0.2) is 0 Å². The topological polar surface area (TPSA) is 80.4 Å². The fourth-order valence-corrected chi connectivity index (χ4v) is 3.25. The number of carbonyl (C=O) groups is 1. The summed E-state index contributed by atoms with van der Waals surface area (Å²) in [5.74, 6) is -0.755. The monoisotopic (exact) mass is 388 g/mol. The minimum absolute atomic E-state index is 0.117. The molecule has 1 aliphatic rings. The predicted octanol–water partition coefficient (Wildman–Crippen LogP) is 0.319. The number of piperazine rings is 1. The van der Waals surface area contributed by atoms with E-state index in [9.17, 15) is 18.8 Å². The van der Waals surface area contributed by atoms with Gasteiger partial charge in [0, 0.05) is 39.8 Å². The summed E-state index contributed by atoms with van der Waals surface area (Å²) in [6, 6.07) is 6.05. The molecule has 1 aliphatic heterocycles. The first kappa shape index (κ1) is 19.9. The Bertz CT molecular complexity index is 947. The lowest BCUT2D eigenvalue weighted by Crippen LogP contribution is -2.49. The number of amides is 1. The van der Waals surface area contributed by atoms with E-state index in [1.54, 1.807) is 17.0 Å². The van der Waals surface area contributed by atoms with E-state index in [1.165, 1.54) is 23.9 Å². The number of unbranched alkanes of at least 4 members (excludes halogenated alkanes) is 1. The van der Waals surface area contributed by atoms with Crippen molar-refractivity contribution in [2.75, 3.05) is 32.7 Å². The largest absolute Gasteiger partial charge is 0.347 e. The van der Waals surface area contributed by atoms with Crippen LogP contribution >= 0.6 is 0 Å². The minimum Gasteiger partial charge on any atom is -0.336 e. The lowest BCUT2D eigenvalue weighted by Gasteiger charge is -2.34. The van der Waals surface area contributed by atoms with Gasteiger partial charge < -0.3 is 4.90 Å². The number of hydrogen-bond donors (Lipinski definition) is 0. The molecule has 1 amide bonds. The molecule has 2 heterocycles. The van der Waals surface area contributed by atoms with Crippen LogP contribution in [0.2, 0.25) is 0 Å². The van der Waals surface area contributed by atoms with Gasteiger partial charge in [0.1, 0.15) is 12.0 Å². The molecule has 0 aliphatic carbocycles. The third kappa shape index (κ3) is 4.53. The van der Waals surface area contributed by atoms with E-state index in [2.05, 4.69) is 10.00 Å². The van der Waals surface area contributed by atoms with Gasteiger partial charge in [-0.2, -0.15) is 5.10 Å². The van der Waals surface area contributed by atoms with Gasteiger partial charge in [-0.05, 0) is 31.5 Å². The van der Waals surface area contributed by atoms with E-state index < -0.39 is 17.1 Å². The van der Waals surface area contributed by atoms with Crippen molar-refractivity contribution in [2.45, 2.75) is 19.4 Å². The summed E-state index contributed by atoms with van der Waals surface area (Å²) < 4.78 is 16.1. The summed E-state index contributed by atoms with van der Waals surface area (Å²) in [5, 5.41) is 3.87. The van der Waals surface area contributed by atoms with Crippen LogP contribution in [0.1, 0.15) is 23.2 Å². The van der Waals surface area contributed by atoms with Gasteiger partial charge in [-0.25, -0.2) is 13.9 Å². The molecule has 1 fully saturated rings. The smallest absolute Gasteiger partial charge is 0.336 e. The molecule has 1 aromatic carbocycles. The maximum Gasteiger partial charge on any atom is 0.347 e. The van der Waals surface area contributed by atoms with E-state index in [1.807, 2.05) is 0 Å². The first-order valence-electron chi connectivity index (χ1n) is 9.36. The molecule has 0 saturated carbocycles. The highest BCUT2D eigenvalue weighted by molar-refractivity contribution is 5.94. The van der Waals surface area contributed by atoms with Crippen LogP contribution in [0.15, 0.2) is 40.1 Å². The number of aromatic nitrogens is 3. The standard InChI is InChI=1S/C19H24FN5O3/c1-22-17(26)14-21-25(19(22)28)9-5-4-8-23-10-12-24(13-11-23)18(27)15-6-2-3-7-16(15)20/h2-3,6-7,14H,4-5,8-13H2,1H3/i20-1. The van der Waals surface area contributed by atoms with Crippen LogP contribution < -0.4 is 11.2 Å². The third-order valence-electron chi connectivity index (χ3n) is 5.00. The molecule has 1 saturated heterocycles. The zero-order valence-corrected chi connectivity index (χ0v) is 15.9. The van der Waals surface area contributed by atoms with E-state index in [0.717, 1.165) is 43.2 Å². The Kier molecular flexibility index (Phi) is 6.35. The van der Waals surface area contributed by atoms with Gasteiger partial charge in [-0.3, -0.25) is 19.1 Å². The van der Waals surface area contributed by atoms with Gasteiger partial charge in [-0.1, -0.05) is 12.1 Å². The van der Waals surface area contributed by atoms with Crippen molar-refractivity contribution in [3.05, 3.63) is 62.7 Å². The molecule has 0 atom stereocenters. The molecule has 0 radical (unpaired) electrons. The molecule has 150 valence electrons. The molecule has 0 bridgehead atoms. The maximum atomic E-state index is 13.8. The Hall–Kier alpha value is -2.81. The average Bonchev–Trinajstić information content (AvgIpc) is 2.71. The van der Waals surface area contributed by atoms with Crippen LogP contribution in [0.4, 0.5) is 4.39 Å². The highest BCUT2D eigenvalue weighted by Crippen LogP contribution is 2.12. The first-order chi connectivity index (χ1) is 13.5. The summed E-state index contributed by atoms with van der Waals surface area (Å²) in [6.07, 6.45) is 2.78. The first-order valence-corrected chi connectivity index (χ1v) is 9.36. The van der Waals surface area contributed by atoms with Crippen LogP contribution in [0.3, 0.4) is 0 Å². The van der Waals surface area contributed by atoms with Gasteiger partial charge in [-0.15, -0.1) is 0 Å². The molecule has 0 spiro atoms. The number of rotatable bonds is 6. The van der Waals surface area contributed by atoms with Crippen LogP contribution in [0.25, 0.3) is 0 Å². The summed E-state index contributed by atoms with van der Waals surface area (Å²) in [4.78, 5) is 39.6. The van der Waals surface area contributed by atoms with Crippen LogP contribution in [0, 0.1) is 5.82 Å². The maximum absolute atomic E-state index is 13.8.